The first-order valence-electron chi connectivity index (χ1n) is 5.04. The molecule has 0 spiro atoms. The third-order valence-corrected chi connectivity index (χ3v) is 3.35. The van der Waals surface area contributed by atoms with Gasteiger partial charge in [-0.2, -0.15) is 0 Å². The summed E-state index contributed by atoms with van der Waals surface area (Å²) in [5.41, 5.74) is 3.44. The Morgan fingerprint density at radius 2 is 1.80 bits per heavy atom. The summed E-state index contributed by atoms with van der Waals surface area (Å²) in [6.07, 6.45) is 2.19. The van der Waals surface area contributed by atoms with Crippen LogP contribution in [-0.4, -0.2) is 5.12 Å². The van der Waals surface area contributed by atoms with Crippen molar-refractivity contribution in [3.8, 4) is 0 Å². The number of rotatable bonds is 1. The van der Waals surface area contributed by atoms with Crippen LogP contribution in [0.25, 0.3) is 10.8 Å². The molecule has 74 valence electrons. The van der Waals surface area contributed by atoms with Crippen molar-refractivity contribution in [1.82, 2.24) is 0 Å². The molecule has 0 fully saturated rings. The SMILES string of the molecule is O=C(S)c1ccc2c3c(cccc13)CC2. The average molecular weight is 214 g/mol. The predicted molar refractivity (Wildman–Crippen MR) is 64.7 cm³/mol. The van der Waals surface area contributed by atoms with Crippen LogP contribution in [0.2, 0.25) is 0 Å². The van der Waals surface area contributed by atoms with E-state index in [1.807, 2.05) is 18.2 Å². The van der Waals surface area contributed by atoms with Gasteiger partial charge in [-0.15, -0.1) is 12.6 Å². The minimum atomic E-state index is -0.148. The largest absolute Gasteiger partial charge is 0.282 e. The third-order valence-electron chi connectivity index (χ3n) is 3.11. The molecule has 1 nitrogen and oxygen atoms in total. The molecule has 3 rings (SSSR count). The highest BCUT2D eigenvalue weighted by Gasteiger charge is 2.16. The Labute approximate surface area is 93.5 Å². The van der Waals surface area contributed by atoms with Gasteiger partial charge in [0.15, 0.2) is 0 Å². The first-order chi connectivity index (χ1) is 7.27. The highest BCUT2D eigenvalue weighted by molar-refractivity contribution is 7.97. The maximum Gasteiger partial charge on any atom is 0.216 e. The molecule has 0 N–H and O–H groups in total. The van der Waals surface area contributed by atoms with Gasteiger partial charge >= 0.3 is 0 Å². The molecule has 0 bridgehead atoms. The summed E-state index contributed by atoms with van der Waals surface area (Å²) in [6.45, 7) is 0. The quantitative estimate of drug-likeness (QED) is 0.722. The van der Waals surface area contributed by atoms with Crippen molar-refractivity contribution in [1.29, 1.82) is 0 Å². The zero-order valence-corrected chi connectivity index (χ0v) is 9.05. The van der Waals surface area contributed by atoms with Crippen LogP contribution in [0.1, 0.15) is 21.5 Å². The summed E-state index contributed by atoms with van der Waals surface area (Å²) in [5, 5.41) is 2.19. The van der Waals surface area contributed by atoms with Gasteiger partial charge in [-0.05, 0) is 40.8 Å². The van der Waals surface area contributed by atoms with E-state index in [0.717, 1.165) is 23.8 Å². The molecular formula is C13H10OS. The first kappa shape index (κ1) is 8.98. The molecule has 0 saturated heterocycles. The van der Waals surface area contributed by atoms with Gasteiger partial charge in [-0.1, -0.05) is 24.3 Å². The molecule has 0 radical (unpaired) electrons. The van der Waals surface area contributed by atoms with Gasteiger partial charge in [0.25, 0.3) is 0 Å². The summed E-state index contributed by atoms with van der Waals surface area (Å²) in [5.74, 6) is 0. The smallest absolute Gasteiger partial charge is 0.216 e. The van der Waals surface area contributed by atoms with E-state index in [1.165, 1.54) is 16.5 Å². The molecule has 0 unspecified atom stereocenters. The van der Waals surface area contributed by atoms with Crippen LogP contribution >= 0.6 is 12.6 Å². The van der Waals surface area contributed by atoms with E-state index in [-0.39, 0.29) is 5.12 Å². The van der Waals surface area contributed by atoms with Gasteiger partial charge in [0.2, 0.25) is 5.12 Å². The fourth-order valence-corrected chi connectivity index (χ4v) is 2.63. The van der Waals surface area contributed by atoms with Crippen LogP contribution in [0.3, 0.4) is 0 Å². The summed E-state index contributed by atoms with van der Waals surface area (Å²) in [6, 6.07) is 10.1. The fraction of sp³-hybridized carbons (Fsp3) is 0.154. The van der Waals surface area contributed by atoms with Gasteiger partial charge in [-0.25, -0.2) is 0 Å². The van der Waals surface area contributed by atoms with E-state index in [4.69, 9.17) is 0 Å². The van der Waals surface area contributed by atoms with E-state index in [1.54, 1.807) is 0 Å². The molecule has 1 aliphatic carbocycles. The molecule has 15 heavy (non-hydrogen) atoms. The van der Waals surface area contributed by atoms with Crippen LogP contribution < -0.4 is 0 Å². The van der Waals surface area contributed by atoms with Gasteiger partial charge in [0.1, 0.15) is 0 Å². The van der Waals surface area contributed by atoms with E-state index in [9.17, 15) is 4.79 Å². The van der Waals surface area contributed by atoms with Gasteiger partial charge in [0, 0.05) is 5.56 Å². The fourth-order valence-electron chi connectivity index (χ4n) is 2.43. The highest BCUT2D eigenvalue weighted by Crippen LogP contribution is 2.33. The number of benzene rings is 2. The van der Waals surface area contributed by atoms with E-state index < -0.39 is 0 Å². The number of carbonyl (C=O) groups is 1. The highest BCUT2D eigenvalue weighted by atomic mass is 32.1. The molecule has 0 saturated carbocycles. The first-order valence-corrected chi connectivity index (χ1v) is 5.49. The molecule has 0 atom stereocenters. The molecular weight excluding hydrogens is 204 g/mol. The minimum absolute atomic E-state index is 0.148. The van der Waals surface area contributed by atoms with Gasteiger partial charge < -0.3 is 0 Å². The molecule has 0 aromatic heterocycles. The van der Waals surface area contributed by atoms with Crippen molar-refractivity contribution >= 4 is 28.5 Å². The zero-order valence-electron chi connectivity index (χ0n) is 8.16. The molecule has 0 heterocycles. The lowest BCUT2D eigenvalue weighted by atomic mass is 10.0. The molecule has 1 aliphatic rings. The molecule has 2 heteroatoms. The second-order valence-corrected chi connectivity index (χ2v) is 4.32. The molecule has 0 amide bonds. The Kier molecular flexibility index (Phi) is 1.86. The Bertz CT molecular complexity index is 562. The number of thiol groups is 1. The predicted octanol–water partition coefficient (Wildman–Crippen LogP) is 3.01. The summed E-state index contributed by atoms with van der Waals surface area (Å²) < 4.78 is 0. The average Bonchev–Trinajstić information content (AvgIpc) is 2.64. The van der Waals surface area contributed by atoms with Crippen molar-refractivity contribution in [3.05, 3.63) is 47.0 Å². The Morgan fingerprint density at radius 1 is 1.07 bits per heavy atom. The van der Waals surface area contributed by atoms with E-state index in [2.05, 4.69) is 24.8 Å². The van der Waals surface area contributed by atoms with Crippen LogP contribution in [0.15, 0.2) is 30.3 Å². The summed E-state index contributed by atoms with van der Waals surface area (Å²) >= 11 is 3.91. The second-order valence-electron chi connectivity index (χ2n) is 3.92. The lowest BCUT2D eigenvalue weighted by Gasteiger charge is -2.05. The summed E-state index contributed by atoms with van der Waals surface area (Å²) in [4.78, 5) is 11.4. The normalized spacial score (nSPS) is 13.4. The standard InChI is InChI=1S/C13H10OS/c14-13(15)11-7-6-9-5-4-8-2-1-3-10(11)12(8)9/h1-3,6-7H,4-5H2,(H,14,15). The van der Waals surface area contributed by atoms with Crippen LogP contribution in [0.5, 0.6) is 0 Å². The number of carbonyl (C=O) groups excluding carboxylic acids is 1. The van der Waals surface area contributed by atoms with Gasteiger partial charge in [0.05, 0.1) is 0 Å². The van der Waals surface area contributed by atoms with Crippen LogP contribution in [0.4, 0.5) is 0 Å². The maximum atomic E-state index is 11.4. The van der Waals surface area contributed by atoms with Gasteiger partial charge in [-0.3, -0.25) is 4.79 Å². The minimum Gasteiger partial charge on any atom is -0.282 e. The zero-order chi connectivity index (χ0) is 10.4. The lowest BCUT2D eigenvalue weighted by Crippen LogP contribution is -1.92. The van der Waals surface area contributed by atoms with Crippen molar-refractivity contribution in [2.75, 3.05) is 0 Å². The van der Waals surface area contributed by atoms with E-state index >= 15 is 0 Å². The molecule has 2 aromatic rings. The Hall–Kier alpha value is -1.28. The number of hydrogen-bond acceptors (Lipinski definition) is 1. The number of hydrogen-bond donors (Lipinski definition) is 1. The van der Waals surface area contributed by atoms with Crippen LogP contribution in [0, 0.1) is 0 Å². The monoisotopic (exact) mass is 214 g/mol. The summed E-state index contributed by atoms with van der Waals surface area (Å²) in [7, 11) is 0. The third kappa shape index (κ3) is 1.21. The number of aryl methyl sites for hydroxylation is 2. The lowest BCUT2D eigenvalue weighted by molar-refractivity contribution is 0.109. The molecule has 2 aromatic carbocycles. The van der Waals surface area contributed by atoms with E-state index in [0.29, 0.717) is 0 Å². The maximum absolute atomic E-state index is 11.4. The Morgan fingerprint density at radius 3 is 2.53 bits per heavy atom. The van der Waals surface area contributed by atoms with Crippen molar-refractivity contribution < 1.29 is 4.79 Å². The second kappa shape index (κ2) is 3.11. The van der Waals surface area contributed by atoms with Crippen LogP contribution in [-0.2, 0) is 12.8 Å². The topological polar surface area (TPSA) is 17.1 Å². The van der Waals surface area contributed by atoms with Crippen molar-refractivity contribution in [2.24, 2.45) is 0 Å². The van der Waals surface area contributed by atoms with Crippen molar-refractivity contribution in [2.45, 2.75) is 12.8 Å². The molecule has 0 aliphatic heterocycles. The Balaban J connectivity index is 2.48. The van der Waals surface area contributed by atoms with Crippen molar-refractivity contribution in [3.63, 3.8) is 0 Å².